The predicted octanol–water partition coefficient (Wildman–Crippen LogP) is 2.97. The van der Waals surface area contributed by atoms with E-state index in [0.717, 1.165) is 13.0 Å². The molecule has 0 aromatic rings. The first-order chi connectivity index (χ1) is 5.74. The molecule has 0 N–H and O–H groups in total. The van der Waals surface area contributed by atoms with Crippen molar-refractivity contribution in [1.29, 1.82) is 0 Å². The van der Waals surface area contributed by atoms with E-state index in [4.69, 9.17) is 0 Å². The van der Waals surface area contributed by atoms with Crippen molar-refractivity contribution in [1.82, 2.24) is 4.31 Å². The first-order valence-corrected chi connectivity index (χ1v) is 5.85. The monoisotopic (exact) mass is 193 g/mol. The van der Waals surface area contributed by atoms with E-state index in [-0.39, 0.29) is 5.92 Å². The molecule has 0 bridgehead atoms. The molecule has 0 saturated carbocycles. The summed E-state index contributed by atoms with van der Waals surface area (Å²) in [5.41, 5.74) is 0. The fourth-order valence-electron chi connectivity index (χ4n) is 1.16. The van der Waals surface area contributed by atoms with Crippen molar-refractivity contribution in [2.24, 2.45) is 5.92 Å². The molecular formula is C9H20FNS. The summed E-state index contributed by atoms with van der Waals surface area (Å²) >= 11 is 1.64. The minimum Gasteiger partial charge on any atom is -0.248 e. The highest BCUT2D eigenvalue weighted by Crippen LogP contribution is 2.23. The molecule has 1 rings (SSSR count). The predicted molar refractivity (Wildman–Crippen MR) is 55.1 cm³/mol. The van der Waals surface area contributed by atoms with Gasteiger partial charge in [-0.2, -0.15) is 0 Å². The molecule has 1 fully saturated rings. The van der Waals surface area contributed by atoms with Gasteiger partial charge in [0.05, 0.1) is 0 Å². The Kier molecular flexibility index (Phi) is 6.86. The molecule has 2 atom stereocenters. The van der Waals surface area contributed by atoms with E-state index in [9.17, 15) is 4.39 Å². The molecule has 1 aliphatic rings. The van der Waals surface area contributed by atoms with Gasteiger partial charge in [0.15, 0.2) is 0 Å². The molecule has 2 unspecified atom stereocenters. The van der Waals surface area contributed by atoms with E-state index >= 15 is 0 Å². The molecular weight excluding hydrogens is 173 g/mol. The molecule has 3 heteroatoms. The Morgan fingerprint density at radius 3 is 2.42 bits per heavy atom. The molecule has 12 heavy (non-hydrogen) atoms. The Morgan fingerprint density at radius 2 is 2.00 bits per heavy atom. The van der Waals surface area contributed by atoms with Crippen molar-refractivity contribution in [3.8, 4) is 0 Å². The standard InChI is InChI=1S/C7H14FNS.C2H6/c1-6-3-4-9(10-2)5-7(6)8;1-2/h6-7H,3-5H2,1-2H3;1-2H3. The average Bonchev–Trinajstić information content (AvgIpc) is 2.13. The van der Waals surface area contributed by atoms with E-state index in [1.54, 1.807) is 11.9 Å². The summed E-state index contributed by atoms with van der Waals surface area (Å²) in [4.78, 5) is 0. The van der Waals surface area contributed by atoms with Crippen LogP contribution in [0.2, 0.25) is 0 Å². The van der Waals surface area contributed by atoms with Gasteiger partial charge in [0.25, 0.3) is 0 Å². The zero-order chi connectivity index (χ0) is 9.56. The van der Waals surface area contributed by atoms with Crippen LogP contribution in [-0.2, 0) is 0 Å². The lowest BCUT2D eigenvalue weighted by molar-refractivity contribution is 0.151. The third kappa shape index (κ3) is 3.76. The Bertz CT molecular complexity index is 111. The smallest absolute Gasteiger partial charge is 0.116 e. The summed E-state index contributed by atoms with van der Waals surface area (Å²) < 4.78 is 15.0. The average molecular weight is 193 g/mol. The zero-order valence-electron chi connectivity index (χ0n) is 8.51. The first kappa shape index (κ1) is 12.2. The normalized spacial score (nSPS) is 30.8. The van der Waals surface area contributed by atoms with Crippen molar-refractivity contribution in [3.63, 3.8) is 0 Å². The van der Waals surface area contributed by atoms with Crippen molar-refractivity contribution >= 4 is 11.9 Å². The summed E-state index contributed by atoms with van der Waals surface area (Å²) in [7, 11) is 0. The number of hydrogen-bond donors (Lipinski definition) is 0. The lowest BCUT2D eigenvalue weighted by Gasteiger charge is -2.30. The summed E-state index contributed by atoms with van der Waals surface area (Å²) in [5.74, 6) is 0.267. The van der Waals surface area contributed by atoms with Crippen LogP contribution in [0.3, 0.4) is 0 Å². The van der Waals surface area contributed by atoms with Gasteiger partial charge < -0.3 is 0 Å². The molecule has 1 nitrogen and oxygen atoms in total. The van der Waals surface area contributed by atoms with Gasteiger partial charge in [-0.15, -0.1) is 0 Å². The Hall–Kier alpha value is 0.240. The Morgan fingerprint density at radius 1 is 1.42 bits per heavy atom. The molecule has 0 aliphatic carbocycles. The van der Waals surface area contributed by atoms with E-state index in [1.165, 1.54) is 0 Å². The van der Waals surface area contributed by atoms with Crippen LogP contribution in [-0.4, -0.2) is 29.8 Å². The second-order valence-corrected chi connectivity index (χ2v) is 3.73. The summed E-state index contributed by atoms with van der Waals surface area (Å²) in [6, 6.07) is 0. The highest BCUT2D eigenvalue weighted by molar-refractivity contribution is 7.96. The number of hydrogen-bond acceptors (Lipinski definition) is 2. The van der Waals surface area contributed by atoms with Crippen molar-refractivity contribution < 1.29 is 4.39 Å². The molecule has 0 spiro atoms. The van der Waals surface area contributed by atoms with Crippen LogP contribution in [0.25, 0.3) is 0 Å². The number of rotatable bonds is 1. The van der Waals surface area contributed by atoms with Crippen LogP contribution < -0.4 is 0 Å². The van der Waals surface area contributed by atoms with Crippen LogP contribution in [0, 0.1) is 5.92 Å². The molecule has 0 aromatic heterocycles. The molecule has 1 heterocycles. The number of piperidine rings is 1. The second-order valence-electron chi connectivity index (χ2n) is 2.85. The molecule has 1 saturated heterocycles. The maximum Gasteiger partial charge on any atom is 0.116 e. The SMILES string of the molecule is CC.CSN1CCC(C)C(F)C1. The van der Waals surface area contributed by atoms with Gasteiger partial charge in [0, 0.05) is 13.1 Å². The minimum absolute atomic E-state index is 0.267. The lowest BCUT2D eigenvalue weighted by Crippen LogP contribution is -2.36. The van der Waals surface area contributed by atoms with Crippen LogP contribution in [0.15, 0.2) is 0 Å². The van der Waals surface area contributed by atoms with E-state index in [1.807, 2.05) is 27.0 Å². The number of nitrogens with zero attached hydrogens (tertiary/aromatic N) is 1. The van der Waals surface area contributed by atoms with Gasteiger partial charge in [0.1, 0.15) is 6.17 Å². The summed E-state index contributed by atoms with van der Waals surface area (Å²) in [5, 5.41) is 0. The fourth-order valence-corrected chi connectivity index (χ4v) is 1.74. The Balaban J connectivity index is 0.000000561. The zero-order valence-corrected chi connectivity index (χ0v) is 9.33. The molecule has 1 aliphatic heterocycles. The maximum atomic E-state index is 13.0. The van der Waals surface area contributed by atoms with Crippen molar-refractivity contribution in [2.75, 3.05) is 19.3 Å². The fraction of sp³-hybridized carbons (Fsp3) is 1.00. The van der Waals surface area contributed by atoms with Crippen molar-refractivity contribution in [2.45, 2.75) is 33.4 Å². The third-order valence-electron chi connectivity index (χ3n) is 2.09. The topological polar surface area (TPSA) is 3.24 Å². The maximum absolute atomic E-state index is 13.0. The Labute approximate surface area is 79.8 Å². The second kappa shape index (κ2) is 6.72. The van der Waals surface area contributed by atoms with Crippen LogP contribution in [0.4, 0.5) is 4.39 Å². The summed E-state index contributed by atoms with van der Waals surface area (Å²) in [6.45, 7) is 7.65. The summed E-state index contributed by atoms with van der Waals surface area (Å²) in [6.07, 6.45) is 2.39. The van der Waals surface area contributed by atoms with E-state index in [2.05, 4.69) is 4.31 Å². The lowest BCUT2D eigenvalue weighted by atomic mass is 9.99. The number of halogens is 1. The van der Waals surface area contributed by atoms with Crippen LogP contribution in [0.5, 0.6) is 0 Å². The highest BCUT2D eigenvalue weighted by Gasteiger charge is 2.24. The van der Waals surface area contributed by atoms with E-state index < -0.39 is 6.17 Å². The molecule has 0 aromatic carbocycles. The molecule has 74 valence electrons. The van der Waals surface area contributed by atoms with E-state index in [0.29, 0.717) is 6.54 Å². The van der Waals surface area contributed by atoms with Crippen LogP contribution in [0.1, 0.15) is 27.2 Å². The van der Waals surface area contributed by atoms with Gasteiger partial charge >= 0.3 is 0 Å². The van der Waals surface area contributed by atoms with Crippen LogP contribution >= 0.6 is 11.9 Å². The first-order valence-electron chi connectivity index (χ1n) is 4.67. The minimum atomic E-state index is -0.610. The van der Waals surface area contributed by atoms with Gasteiger partial charge in [-0.1, -0.05) is 32.7 Å². The number of alkyl halides is 1. The van der Waals surface area contributed by atoms with Gasteiger partial charge in [-0.05, 0) is 18.6 Å². The third-order valence-corrected chi connectivity index (χ3v) is 2.94. The largest absolute Gasteiger partial charge is 0.248 e. The van der Waals surface area contributed by atoms with Gasteiger partial charge in [0.2, 0.25) is 0 Å². The quantitative estimate of drug-likeness (QED) is 0.589. The van der Waals surface area contributed by atoms with Gasteiger partial charge in [-0.3, -0.25) is 0 Å². The highest BCUT2D eigenvalue weighted by atomic mass is 32.2. The van der Waals surface area contributed by atoms with Gasteiger partial charge in [-0.25, -0.2) is 8.70 Å². The molecule has 0 radical (unpaired) electrons. The molecule has 0 amide bonds. The van der Waals surface area contributed by atoms with Crippen molar-refractivity contribution in [3.05, 3.63) is 0 Å².